The lowest BCUT2D eigenvalue weighted by Crippen LogP contribution is -2.26. The number of rotatable bonds is 5. The van der Waals surface area contributed by atoms with Crippen molar-refractivity contribution in [3.8, 4) is 0 Å². The lowest BCUT2D eigenvalue weighted by molar-refractivity contribution is 0.0803. The Bertz CT molecular complexity index is 338. The van der Waals surface area contributed by atoms with Crippen molar-refractivity contribution >= 4 is 5.78 Å². The molecule has 0 radical (unpaired) electrons. The normalized spacial score (nSPS) is 13.5. The van der Waals surface area contributed by atoms with Gasteiger partial charge in [-0.1, -0.05) is 64.4 Å². The van der Waals surface area contributed by atoms with E-state index in [2.05, 4.69) is 27.7 Å². The SMILES string of the molecule is CC[C@H](C)CC(C)(C)C(=O)c1ccccc1. The van der Waals surface area contributed by atoms with E-state index in [9.17, 15) is 4.79 Å². The van der Waals surface area contributed by atoms with Crippen LogP contribution in [0, 0.1) is 11.3 Å². The molecular formula is C15H22O. The number of hydrogen-bond donors (Lipinski definition) is 0. The summed E-state index contributed by atoms with van der Waals surface area (Å²) < 4.78 is 0. The first kappa shape index (κ1) is 13.0. The van der Waals surface area contributed by atoms with Crippen molar-refractivity contribution in [2.45, 2.75) is 40.5 Å². The van der Waals surface area contributed by atoms with Crippen LogP contribution in [0.15, 0.2) is 30.3 Å². The van der Waals surface area contributed by atoms with Gasteiger partial charge in [0, 0.05) is 11.0 Å². The fourth-order valence-electron chi connectivity index (χ4n) is 2.09. The van der Waals surface area contributed by atoms with Crippen molar-refractivity contribution in [1.29, 1.82) is 0 Å². The molecule has 0 N–H and O–H groups in total. The third kappa shape index (κ3) is 3.19. The van der Waals surface area contributed by atoms with Crippen LogP contribution >= 0.6 is 0 Å². The molecule has 0 bridgehead atoms. The second kappa shape index (κ2) is 5.29. The van der Waals surface area contributed by atoms with Gasteiger partial charge in [0.15, 0.2) is 5.78 Å². The number of benzene rings is 1. The van der Waals surface area contributed by atoms with E-state index in [0.717, 1.165) is 18.4 Å². The maximum Gasteiger partial charge on any atom is 0.168 e. The van der Waals surface area contributed by atoms with Gasteiger partial charge in [-0.25, -0.2) is 0 Å². The number of hydrogen-bond acceptors (Lipinski definition) is 1. The predicted molar refractivity (Wildman–Crippen MR) is 68.6 cm³/mol. The van der Waals surface area contributed by atoms with Crippen molar-refractivity contribution in [1.82, 2.24) is 0 Å². The van der Waals surface area contributed by atoms with Crippen LogP contribution in [-0.4, -0.2) is 5.78 Å². The molecule has 1 heteroatoms. The van der Waals surface area contributed by atoms with Gasteiger partial charge in [0.25, 0.3) is 0 Å². The Morgan fingerprint density at radius 2 is 1.81 bits per heavy atom. The van der Waals surface area contributed by atoms with E-state index in [4.69, 9.17) is 0 Å². The average molecular weight is 218 g/mol. The van der Waals surface area contributed by atoms with E-state index in [0.29, 0.717) is 5.92 Å². The first-order valence-electron chi connectivity index (χ1n) is 6.07. The molecule has 0 aliphatic rings. The molecule has 0 aliphatic carbocycles. The van der Waals surface area contributed by atoms with Gasteiger partial charge < -0.3 is 0 Å². The molecule has 0 spiro atoms. The van der Waals surface area contributed by atoms with Crippen molar-refractivity contribution in [2.24, 2.45) is 11.3 Å². The molecule has 1 atom stereocenters. The Morgan fingerprint density at radius 1 is 1.25 bits per heavy atom. The standard InChI is InChI=1S/C15H22O/c1-5-12(2)11-15(3,4)14(16)13-9-7-6-8-10-13/h6-10,12H,5,11H2,1-4H3/t12-/m0/s1. The molecule has 1 nitrogen and oxygen atoms in total. The second-order valence-corrected chi connectivity index (χ2v) is 5.30. The summed E-state index contributed by atoms with van der Waals surface area (Å²) in [5, 5.41) is 0. The Kier molecular flexibility index (Phi) is 4.28. The number of ketones is 1. The Morgan fingerprint density at radius 3 is 2.31 bits per heavy atom. The fraction of sp³-hybridized carbons (Fsp3) is 0.533. The Labute approximate surface area is 98.9 Å². The summed E-state index contributed by atoms with van der Waals surface area (Å²) in [4.78, 5) is 12.3. The van der Waals surface area contributed by atoms with E-state index in [1.807, 2.05) is 30.3 Å². The average Bonchev–Trinajstić information content (AvgIpc) is 2.28. The van der Waals surface area contributed by atoms with E-state index in [-0.39, 0.29) is 11.2 Å². The minimum Gasteiger partial charge on any atom is -0.294 e. The van der Waals surface area contributed by atoms with Crippen molar-refractivity contribution in [2.75, 3.05) is 0 Å². The van der Waals surface area contributed by atoms with Crippen LogP contribution in [-0.2, 0) is 0 Å². The summed E-state index contributed by atoms with van der Waals surface area (Å²) in [6.45, 7) is 8.48. The third-order valence-corrected chi connectivity index (χ3v) is 3.21. The molecule has 16 heavy (non-hydrogen) atoms. The highest BCUT2D eigenvalue weighted by molar-refractivity contribution is 5.99. The molecule has 0 saturated heterocycles. The predicted octanol–water partition coefficient (Wildman–Crippen LogP) is 4.33. The van der Waals surface area contributed by atoms with Crippen LogP contribution in [0.25, 0.3) is 0 Å². The van der Waals surface area contributed by atoms with Gasteiger partial charge in [-0.15, -0.1) is 0 Å². The molecule has 0 unspecified atom stereocenters. The maximum atomic E-state index is 12.3. The molecule has 0 fully saturated rings. The van der Waals surface area contributed by atoms with Gasteiger partial charge in [-0.05, 0) is 12.3 Å². The smallest absolute Gasteiger partial charge is 0.168 e. The van der Waals surface area contributed by atoms with E-state index in [1.54, 1.807) is 0 Å². The lowest BCUT2D eigenvalue weighted by Gasteiger charge is -2.26. The molecular weight excluding hydrogens is 196 g/mol. The van der Waals surface area contributed by atoms with E-state index < -0.39 is 0 Å². The first-order chi connectivity index (χ1) is 7.47. The number of carbonyl (C=O) groups is 1. The zero-order chi connectivity index (χ0) is 12.2. The monoisotopic (exact) mass is 218 g/mol. The quantitative estimate of drug-likeness (QED) is 0.672. The van der Waals surface area contributed by atoms with Crippen LogP contribution in [0.5, 0.6) is 0 Å². The fourth-order valence-corrected chi connectivity index (χ4v) is 2.09. The summed E-state index contributed by atoms with van der Waals surface area (Å²) >= 11 is 0. The lowest BCUT2D eigenvalue weighted by atomic mass is 9.77. The van der Waals surface area contributed by atoms with Gasteiger partial charge in [0.2, 0.25) is 0 Å². The number of Topliss-reactive ketones (excluding diaryl/α,β-unsaturated/α-hetero) is 1. The second-order valence-electron chi connectivity index (χ2n) is 5.30. The number of carbonyl (C=O) groups excluding carboxylic acids is 1. The van der Waals surface area contributed by atoms with Gasteiger partial charge in [-0.3, -0.25) is 4.79 Å². The van der Waals surface area contributed by atoms with Crippen molar-refractivity contribution in [3.63, 3.8) is 0 Å². The van der Waals surface area contributed by atoms with Crippen LogP contribution in [0.4, 0.5) is 0 Å². The summed E-state index contributed by atoms with van der Waals surface area (Å²) in [5.74, 6) is 0.857. The Hall–Kier alpha value is -1.11. The van der Waals surface area contributed by atoms with Crippen LogP contribution in [0.3, 0.4) is 0 Å². The molecule has 1 aromatic carbocycles. The van der Waals surface area contributed by atoms with Gasteiger partial charge in [0.05, 0.1) is 0 Å². The molecule has 0 heterocycles. The molecule has 88 valence electrons. The van der Waals surface area contributed by atoms with Crippen molar-refractivity contribution < 1.29 is 4.79 Å². The zero-order valence-corrected chi connectivity index (χ0v) is 10.8. The van der Waals surface area contributed by atoms with Crippen LogP contribution in [0.1, 0.15) is 50.9 Å². The van der Waals surface area contributed by atoms with E-state index in [1.165, 1.54) is 0 Å². The zero-order valence-electron chi connectivity index (χ0n) is 10.8. The minimum absolute atomic E-state index is 0.253. The summed E-state index contributed by atoms with van der Waals surface area (Å²) in [6.07, 6.45) is 2.09. The minimum atomic E-state index is -0.253. The van der Waals surface area contributed by atoms with E-state index >= 15 is 0 Å². The molecule has 0 saturated carbocycles. The highest BCUT2D eigenvalue weighted by atomic mass is 16.1. The van der Waals surface area contributed by atoms with Crippen molar-refractivity contribution in [3.05, 3.63) is 35.9 Å². The van der Waals surface area contributed by atoms with Crippen LogP contribution in [0.2, 0.25) is 0 Å². The summed E-state index contributed by atoms with van der Waals surface area (Å²) in [5.41, 5.74) is 0.576. The van der Waals surface area contributed by atoms with Gasteiger partial charge in [-0.2, -0.15) is 0 Å². The largest absolute Gasteiger partial charge is 0.294 e. The van der Waals surface area contributed by atoms with Crippen LogP contribution < -0.4 is 0 Å². The first-order valence-corrected chi connectivity index (χ1v) is 6.07. The summed E-state index contributed by atoms with van der Waals surface area (Å²) in [6, 6.07) is 9.60. The molecule has 0 amide bonds. The van der Waals surface area contributed by atoms with Gasteiger partial charge in [0.1, 0.15) is 0 Å². The molecule has 0 aliphatic heterocycles. The highest BCUT2D eigenvalue weighted by Crippen LogP contribution is 2.30. The summed E-state index contributed by atoms with van der Waals surface area (Å²) in [7, 11) is 0. The molecule has 1 aromatic rings. The molecule has 1 rings (SSSR count). The third-order valence-electron chi connectivity index (χ3n) is 3.21. The molecule has 0 aromatic heterocycles. The maximum absolute atomic E-state index is 12.3. The highest BCUT2D eigenvalue weighted by Gasteiger charge is 2.29. The van der Waals surface area contributed by atoms with Gasteiger partial charge >= 0.3 is 0 Å². The Balaban J connectivity index is 2.80. The topological polar surface area (TPSA) is 17.1 Å².